The van der Waals surface area contributed by atoms with E-state index < -0.39 is 15.4 Å². The lowest BCUT2D eigenvalue weighted by molar-refractivity contribution is -0.126. The van der Waals surface area contributed by atoms with Crippen LogP contribution in [-0.2, 0) is 21.4 Å². The number of rotatable bonds is 7. The van der Waals surface area contributed by atoms with Gasteiger partial charge >= 0.3 is 0 Å². The molecule has 0 saturated carbocycles. The van der Waals surface area contributed by atoms with E-state index in [1.807, 2.05) is 30.3 Å². The lowest BCUT2D eigenvalue weighted by Crippen LogP contribution is -2.38. The molecule has 0 saturated heterocycles. The summed E-state index contributed by atoms with van der Waals surface area (Å²) >= 11 is 0. The molecule has 0 N–H and O–H groups in total. The van der Waals surface area contributed by atoms with Crippen molar-refractivity contribution in [2.75, 3.05) is 6.54 Å². The molecule has 2 aromatic rings. The highest BCUT2D eigenvalue weighted by Crippen LogP contribution is 2.19. The molecule has 2 rings (SSSR count). The highest BCUT2D eigenvalue weighted by Gasteiger charge is 2.29. The number of Topliss-reactive ketones (excluding diaryl/α,β-unsaturated/α-hetero) is 1. The Labute approximate surface area is 149 Å². The van der Waals surface area contributed by atoms with Gasteiger partial charge in [0.15, 0.2) is 5.78 Å². The predicted molar refractivity (Wildman–Crippen MR) is 98.0 cm³/mol. The Kier molecular flexibility index (Phi) is 5.98. The van der Waals surface area contributed by atoms with Crippen molar-refractivity contribution in [3.8, 4) is 0 Å². The van der Waals surface area contributed by atoms with E-state index in [4.69, 9.17) is 4.42 Å². The summed E-state index contributed by atoms with van der Waals surface area (Å²) in [5, 5.41) is 1.13. The lowest BCUT2D eigenvalue weighted by Gasteiger charge is -2.23. The highest BCUT2D eigenvalue weighted by molar-refractivity contribution is 7.92. The van der Waals surface area contributed by atoms with Gasteiger partial charge in [0.1, 0.15) is 5.76 Å². The highest BCUT2D eigenvalue weighted by atomic mass is 32.2. The Hall–Kier alpha value is -2.18. The molecule has 0 spiro atoms. The molecule has 25 heavy (non-hydrogen) atoms. The molecule has 0 amide bonds. The van der Waals surface area contributed by atoms with Gasteiger partial charge in [-0.2, -0.15) is 4.31 Å². The number of hydrogen-bond acceptors (Lipinski definition) is 4. The van der Waals surface area contributed by atoms with E-state index in [0.717, 1.165) is 15.3 Å². The first-order valence-corrected chi connectivity index (χ1v) is 9.48. The summed E-state index contributed by atoms with van der Waals surface area (Å²) in [6.07, 6.45) is 3.00. The van der Waals surface area contributed by atoms with E-state index in [9.17, 15) is 13.2 Å². The van der Waals surface area contributed by atoms with Crippen LogP contribution in [0.5, 0.6) is 0 Å². The van der Waals surface area contributed by atoms with Gasteiger partial charge in [0, 0.05) is 10.8 Å². The van der Waals surface area contributed by atoms with Crippen LogP contribution in [0.1, 0.15) is 32.1 Å². The van der Waals surface area contributed by atoms with Gasteiger partial charge in [-0.15, -0.1) is 0 Å². The second-order valence-corrected chi connectivity index (χ2v) is 8.60. The summed E-state index contributed by atoms with van der Waals surface area (Å²) in [4.78, 5) is 12.4. The maximum absolute atomic E-state index is 12.7. The molecular formula is C19H23NO4S. The van der Waals surface area contributed by atoms with Crippen LogP contribution < -0.4 is 0 Å². The van der Waals surface area contributed by atoms with Crippen molar-refractivity contribution < 1.29 is 17.6 Å². The third-order valence-corrected chi connectivity index (χ3v) is 5.12. The van der Waals surface area contributed by atoms with Crippen molar-refractivity contribution in [2.24, 2.45) is 5.41 Å². The average Bonchev–Trinajstić information content (AvgIpc) is 3.05. The maximum Gasteiger partial charge on any atom is 0.237 e. The zero-order chi connectivity index (χ0) is 18.5. The molecular weight excluding hydrogens is 338 g/mol. The number of hydrogen-bond donors (Lipinski definition) is 0. The minimum atomic E-state index is -3.78. The summed E-state index contributed by atoms with van der Waals surface area (Å²) < 4.78 is 31.9. The molecule has 1 aromatic carbocycles. The molecule has 0 aliphatic heterocycles. The van der Waals surface area contributed by atoms with Crippen LogP contribution in [0.3, 0.4) is 0 Å². The van der Waals surface area contributed by atoms with E-state index in [2.05, 4.69) is 0 Å². The van der Waals surface area contributed by atoms with Crippen molar-refractivity contribution in [1.29, 1.82) is 0 Å². The SMILES string of the molecule is CC(C)(C)C(=O)CN(Cc1ccco1)S(=O)(=O)C=Cc1ccccc1. The maximum atomic E-state index is 12.7. The van der Waals surface area contributed by atoms with Crippen LogP contribution in [0.4, 0.5) is 0 Å². The van der Waals surface area contributed by atoms with Gasteiger partial charge in [0.2, 0.25) is 10.0 Å². The van der Waals surface area contributed by atoms with Crippen molar-refractivity contribution in [3.63, 3.8) is 0 Å². The van der Waals surface area contributed by atoms with Gasteiger partial charge in [0.25, 0.3) is 0 Å². The quantitative estimate of drug-likeness (QED) is 0.754. The van der Waals surface area contributed by atoms with Crippen LogP contribution >= 0.6 is 0 Å². The third kappa shape index (κ3) is 5.69. The summed E-state index contributed by atoms with van der Waals surface area (Å²) in [5.74, 6) is 0.328. The Morgan fingerprint density at radius 3 is 2.36 bits per heavy atom. The molecule has 0 atom stereocenters. The topological polar surface area (TPSA) is 67.6 Å². The Morgan fingerprint density at radius 2 is 1.80 bits per heavy atom. The minimum absolute atomic E-state index is 0.0102. The fourth-order valence-electron chi connectivity index (χ4n) is 2.02. The zero-order valence-electron chi connectivity index (χ0n) is 14.7. The molecule has 1 heterocycles. The minimum Gasteiger partial charge on any atom is -0.468 e. The first-order chi connectivity index (χ1) is 11.7. The van der Waals surface area contributed by atoms with Gasteiger partial charge in [-0.1, -0.05) is 51.1 Å². The number of furan rings is 1. The Balaban J connectivity index is 2.26. The number of carbonyl (C=O) groups excluding carboxylic acids is 1. The van der Waals surface area contributed by atoms with Crippen molar-refractivity contribution in [1.82, 2.24) is 4.31 Å². The van der Waals surface area contributed by atoms with E-state index >= 15 is 0 Å². The average molecular weight is 361 g/mol. The van der Waals surface area contributed by atoms with Gasteiger partial charge < -0.3 is 4.42 Å². The first kappa shape index (κ1) is 19.1. The first-order valence-electron chi connectivity index (χ1n) is 7.97. The Bertz CT molecular complexity index is 816. The summed E-state index contributed by atoms with van der Waals surface area (Å²) in [7, 11) is -3.78. The Morgan fingerprint density at radius 1 is 1.12 bits per heavy atom. The molecule has 0 radical (unpaired) electrons. The fourth-order valence-corrected chi connectivity index (χ4v) is 3.13. The molecule has 0 fully saturated rings. The molecule has 0 aliphatic carbocycles. The summed E-state index contributed by atoms with van der Waals surface area (Å²) in [6.45, 7) is 5.12. The summed E-state index contributed by atoms with van der Waals surface area (Å²) in [5.41, 5.74) is 0.145. The smallest absolute Gasteiger partial charge is 0.237 e. The number of benzene rings is 1. The third-order valence-electron chi connectivity index (χ3n) is 3.66. The van der Waals surface area contributed by atoms with Gasteiger partial charge in [-0.05, 0) is 23.8 Å². The van der Waals surface area contributed by atoms with Crippen LogP contribution in [0.15, 0.2) is 58.6 Å². The molecule has 1 aromatic heterocycles. The van der Waals surface area contributed by atoms with E-state index in [-0.39, 0.29) is 18.9 Å². The number of ketones is 1. The van der Waals surface area contributed by atoms with E-state index in [0.29, 0.717) is 5.76 Å². The summed E-state index contributed by atoms with van der Waals surface area (Å²) in [6, 6.07) is 12.5. The van der Waals surface area contributed by atoms with Gasteiger partial charge in [0.05, 0.1) is 19.4 Å². The van der Waals surface area contributed by atoms with E-state index in [1.54, 1.807) is 32.9 Å². The van der Waals surface area contributed by atoms with E-state index in [1.165, 1.54) is 12.3 Å². The molecule has 134 valence electrons. The zero-order valence-corrected chi connectivity index (χ0v) is 15.5. The van der Waals surface area contributed by atoms with Crippen LogP contribution in [0.25, 0.3) is 6.08 Å². The largest absolute Gasteiger partial charge is 0.468 e. The van der Waals surface area contributed by atoms with Crippen molar-refractivity contribution >= 4 is 21.9 Å². The molecule has 0 unspecified atom stereocenters. The standard InChI is InChI=1S/C19H23NO4S/c1-19(2,3)18(21)15-20(14-17-10-7-12-24-17)25(22,23)13-11-16-8-5-4-6-9-16/h4-13H,14-15H2,1-3H3. The number of sulfonamides is 1. The predicted octanol–water partition coefficient (Wildman–Crippen LogP) is 3.70. The molecule has 0 aliphatic rings. The number of carbonyl (C=O) groups is 1. The normalized spacial score (nSPS) is 12.8. The van der Waals surface area contributed by atoms with Crippen LogP contribution in [0.2, 0.25) is 0 Å². The van der Waals surface area contributed by atoms with Gasteiger partial charge in [-0.25, -0.2) is 8.42 Å². The second-order valence-electron chi connectivity index (χ2n) is 6.78. The van der Waals surface area contributed by atoms with Crippen LogP contribution in [-0.4, -0.2) is 25.1 Å². The molecule has 0 bridgehead atoms. The monoisotopic (exact) mass is 361 g/mol. The number of nitrogens with zero attached hydrogens (tertiary/aromatic N) is 1. The van der Waals surface area contributed by atoms with Crippen molar-refractivity contribution in [2.45, 2.75) is 27.3 Å². The van der Waals surface area contributed by atoms with Crippen LogP contribution in [0, 0.1) is 5.41 Å². The van der Waals surface area contributed by atoms with Gasteiger partial charge in [-0.3, -0.25) is 4.79 Å². The second kappa shape index (κ2) is 7.80. The molecule has 5 nitrogen and oxygen atoms in total. The lowest BCUT2D eigenvalue weighted by atomic mass is 9.91. The fraction of sp³-hybridized carbons (Fsp3) is 0.316. The molecule has 6 heteroatoms. The van der Waals surface area contributed by atoms with Crippen molar-refractivity contribution in [3.05, 3.63) is 65.5 Å².